The predicted molar refractivity (Wildman–Crippen MR) is 86.1 cm³/mol. The Morgan fingerprint density at radius 2 is 1.67 bits per heavy atom. The van der Waals surface area contributed by atoms with E-state index < -0.39 is 45.2 Å². The molecule has 0 spiro atoms. The molecule has 0 radical (unpaired) electrons. The van der Waals surface area contributed by atoms with Gasteiger partial charge in [-0.15, -0.1) is 10.2 Å². The third kappa shape index (κ3) is 3.51. The fourth-order valence-corrected chi connectivity index (χ4v) is 3.08. The predicted octanol–water partition coefficient (Wildman–Crippen LogP) is 3.31. The summed E-state index contributed by atoms with van der Waals surface area (Å²) in [5, 5.41) is 15.9. The Hall–Kier alpha value is -2.92. The summed E-state index contributed by atoms with van der Waals surface area (Å²) in [5.41, 5.74) is 0.422. The van der Waals surface area contributed by atoms with Crippen molar-refractivity contribution in [2.24, 2.45) is 7.05 Å². The van der Waals surface area contributed by atoms with Crippen LogP contribution < -0.4 is 5.48 Å². The van der Waals surface area contributed by atoms with Gasteiger partial charge in [0, 0.05) is 12.6 Å². The first kappa shape index (κ1) is 18.9. The topological polar surface area (TPSA) is 80.0 Å². The largest absolute Gasteiger partial charge is 0.305 e. The highest BCUT2D eigenvalue weighted by atomic mass is 32.2. The zero-order valence-corrected chi connectivity index (χ0v) is 14.3. The fraction of sp³-hybridized carbons (Fsp3) is 0.0625. The number of hydroxylamine groups is 1. The lowest BCUT2D eigenvalue weighted by Crippen LogP contribution is -2.19. The van der Waals surface area contributed by atoms with Crippen molar-refractivity contribution < 1.29 is 27.6 Å². The summed E-state index contributed by atoms with van der Waals surface area (Å²) >= 11 is 0.523. The molecule has 0 saturated heterocycles. The van der Waals surface area contributed by atoms with E-state index in [-0.39, 0.29) is 11.0 Å². The van der Waals surface area contributed by atoms with Crippen molar-refractivity contribution in [3.8, 4) is 11.4 Å². The Balaban J connectivity index is 1.99. The van der Waals surface area contributed by atoms with Gasteiger partial charge in [-0.1, -0.05) is 6.07 Å². The molecule has 1 amide bonds. The minimum Gasteiger partial charge on any atom is -0.305 e. The van der Waals surface area contributed by atoms with Gasteiger partial charge >= 0.3 is 0 Å². The maximum Gasteiger partial charge on any atom is 0.274 e. The fourth-order valence-electron chi connectivity index (χ4n) is 2.28. The number of nitrogens with one attached hydrogen (secondary N) is 1. The number of amides is 1. The van der Waals surface area contributed by atoms with Gasteiger partial charge in [-0.05, 0) is 36.0 Å². The maximum absolute atomic E-state index is 14.2. The van der Waals surface area contributed by atoms with Crippen molar-refractivity contribution in [1.82, 2.24) is 20.2 Å². The average molecular weight is 398 g/mol. The molecule has 2 aromatic carbocycles. The minimum atomic E-state index is -1.08. The first-order valence-corrected chi connectivity index (χ1v) is 8.10. The quantitative estimate of drug-likeness (QED) is 0.401. The van der Waals surface area contributed by atoms with Gasteiger partial charge in [-0.3, -0.25) is 10.0 Å². The Morgan fingerprint density at radius 3 is 2.22 bits per heavy atom. The zero-order chi connectivity index (χ0) is 19.7. The zero-order valence-electron chi connectivity index (χ0n) is 13.5. The standard InChI is InChI=1S/C16H10F4N4O2S/c1-24-14(12-8(17)3-2-4-9(12)18)21-22-16(24)27-13-10(19)5-7(6-11(13)20)15(25)23-26/h2-6,26H,1H3,(H,23,25). The summed E-state index contributed by atoms with van der Waals surface area (Å²) in [6, 6.07) is 4.74. The molecule has 1 heterocycles. The van der Waals surface area contributed by atoms with Crippen LogP contribution in [0, 0.1) is 23.3 Å². The summed E-state index contributed by atoms with van der Waals surface area (Å²) in [7, 11) is 1.38. The summed E-state index contributed by atoms with van der Waals surface area (Å²) in [6.45, 7) is 0. The molecule has 0 fully saturated rings. The number of hydrogen-bond donors (Lipinski definition) is 2. The van der Waals surface area contributed by atoms with Crippen molar-refractivity contribution >= 4 is 17.7 Å². The molecule has 0 bridgehead atoms. The molecular weight excluding hydrogens is 388 g/mol. The highest BCUT2D eigenvalue weighted by Crippen LogP contribution is 2.34. The lowest BCUT2D eigenvalue weighted by Gasteiger charge is -2.08. The van der Waals surface area contributed by atoms with Crippen LogP contribution in [0.25, 0.3) is 11.4 Å². The normalized spacial score (nSPS) is 10.9. The minimum absolute atomic E-state index is 0.0372. The molecule has 0 aliphatic heterocycles. The molecule has 3 rings (SSSR count). The Morgan fingerprint density at radius 1 is 1.07 bits per heavy atom. The highest BCUT2D eigenvalue weighted by Gasteiger charge is 2.22. The van der Waals surface area contributed by atoms with E-state index in [0.29, 0.717) is 11.8 Å². The van der Waals surface area contributed by atoms with E-state index in [2.05, 4.69) is 10.2 Å². The molecule has 0 atom stereocenters. The van der Waals surface area contributed by atoms with Crippen molar-refractivity contribution in [3.05, 3.63) is 59.2 Å². The molecule has 3 aromatic rings. The Labute approximate surface area is 153 Å². The Kier molecular flexibility index (Phi) is 5.15. The molecule has 27 heavy (non-hydrogen) atoms. The lowest BCUT2D eigenvalue weighted by molar-refractivity contribution is 0.0705. The van der Waals surface area contributed by atoms with Crippen LogP contribution in [0.1, 0.15) is 10.4 Å². The maximum atomic E-state index is 14.2. The van der Waals surface area contributed by atoms with E-state index in [4.69, 9.17) is 5.21 Å². The second-order valence-corrected chi connectivity index (χ2v) is 6.25. The number of carbonyl (C=O) groups is 1. The molecule has 0 aliphatic rings. The second-order valence-electron chi connectivity index (χ2n) is 5.27. The van der Waals surface area contributed by atoms with Gasteiger partial charge in [0.2, 0.25) is 0 Å². The first-order valence-electron chi connectivity index (χ1n) is 7.28. The molecule has 0 unspecified atom stereocenters. The van der Waals surface area contributed by atoms with Gasteiger partial charge in [-0.2, -0.15) is 0 Å². The first-order chi connectivity index (χ1) is 12.8. The van der Waals surface area contributed by atoms with E-state index in [1.807, 2.05) is 0 Å². The van der Waals surface area contributed by atoms with E-state index in [1.165, 1.54) is 23.2 Å². The van der Waals surface area contributed by atoms with Crippen LogP contribution >= 0.6 is 11.8 Å². The SMILES string of the molecule is Cn1c(Sc2c(F)cc(C(=O)NO)cc2F)nnc1-c1c(F)cccc1F. The van der Waals surface area contributed by atoms with Crippen LogP contribution in [0.2, 0.25) is 0 Å². The van der Waals surface area contributed by atoms with Crippen LogP contribution in [0.15, 0.2) is 40.4 Å². The van der Waals surface area contributed by atoms with E-state index in [0.717, 1.165) is 24.3 Å². The molecular formula is C16H10F4N4O2S. The molecule has 0 saturated carbocycles. The number of nitrogens with zero attached hydrogens (tertiary/aromatic N) is 3. The van der Waals surface area contributed by atoms with Crippen LogP contribution in [0.5, 0.6) is 0 Å². The van der Waals surface area contributed by atoms with Crippen LogP contribution in [-0.2, 0) is 7.05 Å². The van der Waals surface area contributed by atoms with Crippen LogP contribution in [0.4, 0.5) is 17.6 Å². The van der Waals surface area contributed by atoms with Gasteiger partial charge in [-0.25, -0.2) is 23.0 Å². The smallest absolute Gasteiger partial charge is 0.274 e. The van der Waals surface area contributed by atoms with Gasteiger partial charge in [0.1, 0.15) is 23.3 Å². The molecule has 1 aromatic heterocycles. The van der Waals surface area contributed by atoms with E-state index in [9.17, 15) is 22.4 Å². The molecule has 0 aliphatic carbocycles. The van der Waals surface area contributed by atoms with Crippen molar-refractivity contribution in [3.63, 3.8) is 0 Å². The number of hydrogen-bond acceptors (Lipinski definition) is 5. The third-order valence-corrected chi connectivity index (χ3v) is 4.71. The molecule has 11 heteroatoms. The van der Waals surface area contributed by atoms with Crippen molar-refractivity contribution in [1.29, 1.82) is 0 Å². The molecule has 2 N–H and O–H groups in total. The van der Waals surface area contributed by atoms with E-state index >= 15 is 0 Å². The van der Waals surface area contributed by atoms with E-state index in [1.54, 1.807) is 0 Å². The summed E-state index contributed by atoms with van der Waals surface area (Å²) in [4.78, 5) is 10.8. The number of halogens is 4. The van der Waals surface area contributed by atoms with Gasteiger partial charge in [0.05, 0.1) is 10.5 Å². The summed E-state index contributed by atoms with van der Waals surface area (Å²) in [5.74, 6) is -5.14. The van der Waals surface area contributed by atoms with Gasteiger partial charge in [0.25, 0.3) is 5.91 Å². The average Bonchev–Trinajstić information content (AvgIpc) is 2.97. The highest BCUT2D eigenvalue weighted by molar-refractivity contribution is 7.99. The monoisotopic (exact) mass is 398 g/mol. The number of benzene rings is 2. The number of carbonyl (C=O) groups excluding carboxylic acids is 1. The number of aromatic nitrogens is 3. The number of rotatable bonds is 4. The van der Waals surface area contributed by atoms with Crippen LogP contribution in [-0.4, -0.2) is 25.9 Å². The molecule has 6 nitrogen and oxygen atoms in total. The summed E-state index contributed by atoms with van der Waals surface area (Å²) < 4.78 is 57.4. The Bertz CT molecular complexity index is 998. The van der Waals surface area contributed by atoms with Gasteiger partial charge in [0.15, 0.2) is 11.0 Å². The second kappa shape index (κ2) is 7.37. The molecule has 140 valence electrons. The summed E-state index contributed by atoms with van der Waals surface area (Å²) in [6.07, 6.45) is 0. The van der Waals surface area contributed by atoms with Crippen molar-refractivity contribution in [2.45, 2.75) is 10.1 Å². The third-order valence-electron chi connectivity index (χ3n) is 3.58. The van der Waals surface area contributed by atoms with Crippen LogP contribution in [0.3, 0.4) is 0 Å². The lowest BCUT2D eigenvalue weighted by atomic mass is 10.2. The van der Waals surface area contributed by atoms with Gasteiger partial charge < -0.3 is 4.57 Å². The van der Waals surface area contributed by atoms with Crippen molar-refractivity contribution in [2.75, 3.05) is 0 Å².